The molecule has 11 heteroatoms. The van der Waals surface area contributed by atoms with Gasteiger partial charge in [-0.25, -0.2) is 18.0 Å². The van der Waals surface area contributed by atoms with E-state index in [2.05, 4.69) is 10.4 Å². The van der Waals surface area contributed by atoms with Crippen molar-refractivity contribution in [3.8, 4) is 0 Å². The predicted octanol–water partition coefficient (Wildman–Crippen LogP) is 1.50. The minimum absolute atomic E-state index is 0.0785. The number of rotatable bonds is 11. The van der Waals surface area contributed by atoms with Gasteiger partial charge in [0, 0.05) is 5.69 Å². The number of hydrogen-bond acceptors (Lipinski definition) is 7. The van der Waals surface area contributed by atoms with Crippen molar-refractivity contribution in [1.82, 2.24) is 4.41 Å². The lowest BCUT2D eigenvalue weighted by Crippen LogP contribution is -2.59. The maximum Gasteiger partial charge on any atom is 0.336 e. The van der Waals surface area contributed by atoms with Gasteiger partial charge in [0.15, 0.2) is 0 Å². The van der Waals surface area contributed by atoms with Gasteiger partial charge in [0.1, 0.15) is 12.3 Å². The molecular formula is C21H25N5O5S. The predicted molar refractivity (Wildman–Crippen MR) is 122 cm³/mol. The molecule has 0 fully saturated rings. The molecule has 170 valence electrons. The lowest BCUT2D eigenvalue weighted by molar-refractivity contribution is -0.145. The van der Waals surface area contributed by atoms with Crippen LogP contribution in [0.15, 0.2) is 59.7 Å². The summed E-state index contributed by atoms with van der Waals surface area (Å²) in [6.07, 6.45) is 1.96. The Labute approximate surface area is 186 Å². The number of unbranched alkanes of at least 4 members (excludes halogenated alkanes) is 1. The van der Waals surface area contributed by atoms with Gasteiger partial charge in [0.25, 0.3) is 0 Å². The smallest absolute Gasteiger partial charge is 0.336 e. The first-order valence-corrected chi connectivity index (χ1v) is 11.3. The second-order valence-electron chi connectivity index (χ2n) is 6.83. The van der Waals surface area contributed by atoms with Crippen molar-refractivity contribution < 1.29 is 23.1 Å². The summed E-state index contributed by atoms with van der Waals surface area (Å²) >= 11 is 0. The number of carbonyl (C=O) groups excluding carboxylic acids is 1. The summed E-state index contributed by atoms with van der Waals surface area (Å²) < 4.78 is 26.4. The van der Waals surface area contributed by atoms with Crippen LogP contribution < -0.4 is 17.0 Å². The normalized spacial score (nSPS) is 13.5. The number of hydrazine groups is 1. The van der Waals surface area contributed by atoms with Gasteiger partial charge in [-0.15, -0.1) is 4.41 Å². The van der Waals surface area contributed by atoms with Crippen LogP contribution in [0, 0.1) is 0 Å². The zero-order valence-electron chi connectivity index (χ0n) is 17.4. The van der Waals surface area contributed by atoms with Crippen molar-refractivity contribution >= 4 is 39.5 Å². The molecule has 2 aromatic rings. The van der Waals surface area contributed by atoms with Crippen LogP contribution in [-0.2, 0) is 25.2 Å². The zero-order chi connectivity index (χ0) is 23.8. The molecule has 6 N–H and O–H groups in total. The average molecular weight is 460 g/mol. The van der Waals surface area contributed by atoms with Crippen LogP contribution in [0.25, 0.3) is 5.57 Å². The topological polar surface area (TPSA) is 168 Å². The summed E-state index contributed by atoms with van der Waals surface area (Å²) in [5.41, 5.74) is -2.62. The highest BCUT2D eigenvalue weighted by molar-refractivity contribution is 7.89. The fourth-order valence-electron chi connectivity index (χ4n) is 3.23. The fourth-order valence-corrected chi connectivity index (χ4v) is 4.77. The Balaban J connectivity index is 2.89. The quantitative estimate of drug-likeness (QED) is 0.129. The van der Waals surface area contributed by atoms with Gasteiger partial charge in [0.2, 0.25) is 15.6 Å². The number of nitrogens with two attached hydrogens (primary N) is 2. The summed E-state index contributed by atoms with van der Waals surface area (Å²) in [5, 5.41) is 16.5. The molecule has 0 aliphatic heterocycles. The molecule has 0 aliphatic rings. The number of nitrogens with zero attached hydrogens (tertiary/aromatic N) is 2. The highest BCUT2D eigenvalue weighted by Crippen LogP contribution is 2.41. The van der Waals surface area contributed by atoms with Crippen molar-refractivity contribution in [2.24, 2.45) is 16.8 Å². The van der Waals surface area contributed by atoms with Crippen molar-refractivity contribution in [2.45, 2.75) is 25.3 Å². The molecule has 0 amide bonds. The number of aliphatic carboxylic acids is 1. The Kier molecular flexibility index (Phi) is 8.27. The molecule has 0 bridgehead atoms. The van der Waals surface area contributed by atoms with Gasteiger partial charge in [-0.1, -0.05) is 55.8 Å². The molecule has 0 saturated carbocycles. The molecule has 32 heavy (non-hydrogen) atoms. The van der Waals surface area contributed by atoms with E-state index in [0.717, 1.165) is 6.34 Å². The van der Waals surface area contributed by atoms with Gasteiger partial charge >= 0.3 is 5.97 Å². The monoisotopic (exact) mass is 459 g/mol. The van der Waals surface area contributed by atoms with E-state index in [1.54, 1.807) is 37.1 Å². The summed E-state index contributed by atoms with van der Waals surface area (Å²) in [7, 11) is -4.30. The standard InChI is InChI=1S/C21H25N5O5S/c1-2-3-12-32(30,31)26(23)21(20(28)29,19(14-27)16-8-5-4-6-9-16)17-10-7-11-18(13-17)24-15-25-22/h4-11,13,15H,2-3,12,22-23H2,1H3,(H,24,25)(H,28,29)/t21-/m0/s1. The van der Waals surface area contributed by atoms with Crippen molar-refractivity contribution in [1.29, 1.82) is 0 Å². The Morgan fingerprint density at radius 1 is 1.25 bits per heavy atom. The van der Waals surface area contributed by atoms with Crippen LogP contribution in [0.1, 0.15) is 30.9 Å². The molecule has 0 saturated heterocycles. The molecule has 0 unspecified atom stereocenters. The SMILES string of the molecule is CCCCS(=O)(=O)N(N)[C@](C(=O)O)(C(=C=O)c1ccccc1)c1cccc(NC=NN)c1. The number of carboxylic acid groups (broad SMARTS) is 1. The van der Waals surface area contributed by atoms with E-state index in [4.69, 9.17) is 11.7 Å². The van der Waals surface area contributed by atoms with Gasteiger partial charge in [-0.2, -0.15) is 5.10 Å². The molecule has 0 aliphatic carbocycles. The molecule has 2 rings (SSSR count). The minimum atomic E-state index is -4.30. The third kappa shape index (κ3) is 4.87. The van der Waals surface area contributed by atoms with E-state index >= 15 is 0 Å². The Hall–Kier alpha value is -3.50. The Bertz CT molecular complexity index is 1130. The second kappa shape index (κ2) is 10.7. The van der Waals surface area contributed by atoms with Gasteiger partial charge in [-0.3, -0.25) is 5.84 Å². The lowest BCUT2D eigenvalue weighted by Gasteiger charge is -2.37. The number of sulfonamides is 1. The largest absolute Gasteiger partial charge is 0.479 e. The highest BCUT2D eigenvalue weighted by atomic mass is 32.2. The van der Waals surface area contributed by atoms with Gasteiger partial charge in [0.05, 0.1) is 11.3 Å². The number of hydrazone groups is 1. The fraction of sp³-hybridized carbons (Fsp3) is 0.238. The number of anilines is 1. The van der Waals surface area contributed by atoms with Crippen LogP contribution in [0.4, 0.5) is 5.69 Å². The van der Waals surface area contributed by atoms with Gasteiger partial charge in [-0.05, 0) is 29.7 Å². The molecule has 1 atom stereocenters. The molecule has 0 heterocycles. The average Bonchev–Trinajstić information content (AvgIpc) is 2.80. The van der Waals surface area contributed by atoms with Crippen molar-refractivity contribution in [3.05, 3.63) is 65.7 Å². The van der Waals surface area contributed by atoms with E-state index in [-0.39, 0.29) is 22.0 Å². The zero-order valence-corrected chi connectivity index (χ0v) is 18.2. The summed E-state index contributed by atoms with van der Waals surface area (Å²) in [4.78, 5) is 25.0. The number of nitrogens with one attached hydrogen (secondary N) is 1. The van der Waals surface area contributed by atoms with Gasteiger partial charge < -0.3 is 16.3 Å². The molecular weight excluding hydrogens is 434 g/mol. The Morgan fingerprint density at radius 3 is 2.50 bits per heavy atom. The third-order valence-corrected chi connectivity index (χ3v) is 6.49. The van der Waals surface area contributed by atoms with E-state index in [1.807, 2.05) is 0 Å². The summed E-state index contributed by atoms with van der Waals surface area (Å²) in [6, 6.07) is 13.6. The first-order valence-electron chi connectivity index (χ1n) is 9.66. The number of carbonyl (C=O) groups is 1. The van der Waals surface area contributed by atoms with E-state index in [9.17, 15) is 23.1 Å². The van der Waals surface area contributed by atoms with Crippen molar-refractivity contribution in [2.75, 3.05) is 11.1 Å². The van der Waals surface area contributed by atoms with Crippen LogP contribution in [0.5, 0.6) is 0 Å². The van der Waals surface area contributed by atoms with E-state index < -0.39 is 32.9 Å². The number of hydrogen-bond donors (Lipinski definition) is 4. The van der Waals surface area contributed by atoms with E-state index in [1.165, 1.54) is 30.3 Å². The molecule has 0 spiro atoms. The molecule has 0 radical (unpaired) electrons. The first-order chi connectivity index (χ1) is 15.2. The number of benzene rings is 2. The summed E-state index contributed by atoms with van der Waals surface area (Å²) in [6.45, 7) is 1.79. The maximum atomic E-state index is 13.1. The number of carboxylic acids is 1. The highest BCUT2D eigenvalue weighted by Gasteiger charge is 2.54. The van der Waals surface area contributed by atoms with E-state index in [0.29, 0.717) is 12.1 Å². The molecule has 2 aromatic carbocycles. The van der Waals surface area contributed by atoms with Crippen LogP contribution in [0.2, 0.25) is 0 Å². The molecule has 0 aromatic heterocycles. The summed E-state index contributed by atoms with van der Waals surface area (Å²) in [5.74, 6) is 10.8. The second-order valence-corrected chi connectivity index (χ2v) is 8.79. The van der Waals surface area contributed by atoms with Crippen LogP contribution in [0.3, 0.4) is 0 Å². The first kappa shape index (κ1) is 24.8. The third-order valence-electron chi connectivity index (χ3n) is 4.81. The minimum Gasteiger partial charge on any atom is -0.479 e. The Morgan fingerprint density at radius 2 is 1.94 bits per heavy atom. The van der Waals surface area contributed by atoms with Crippen LogP contribution in [-0.4, -0.2) is 41.9 Å². The van der Waals surface area contributed by atoms with Crippen LogP contribution >= 0.6 is 0 Å². The lowest BCUT2D eigenvalue weighted by atomic mass is 9.80. The molecule has 10 nitrogen and oxygen atoms in total. The maximum absolute atomic E-state index is 13.1. The van der Waals surface area contributed by atoms with Crippen molar-refractivity contribution in [3.63, 3.8) is 0 Å².